The van der Waals surface area contributed by atoms with Gasteiger partial charge in [0.15, 0.2) is 0 Å². The molecule has 0 saturated carbocycles. The van der Waals surface area contributed by atoms with Gasteiger partial charge in [-0.25, -0.2) is 0 Å². The van der Waals surface area contributed by atoms with Gasteiger partial charge in [-0.1, -0.05) is 152 Å². The monoisotopic (exact) mass is 719 g/mol. The van der Waals surface area contributed by atoms with Gasteiger partial charge in [-0.15, -0.1) is 11.3 Å². The van der Waals surface area contributed by atoms with E-state index in [0.29, 0.717) is 0 Å². The third-order valence-corrected chi connectivity index (χ3v) is 12.1. The zero-order valence-corrected chi connectivity index (χ0v) is 30.6. The summed E-state index contributed by atoms with van der Waals surface area (Å²) in [6.45, 7) is 0. The molecule has 3 heteroatoms. The highest BCUT2D eigenvalue weighted by Gasteiger charge is 2.23. The van der Waals surface area contributed by atoms with E-state index in [1.165, 1.54) is 47.8 Å². The van der Waals surface area contributed by atoms with Gasteiger partial charge in [0.1, 0.15) is 11.2 Å². The Labute approximate surface area is 322 Å². The van der Waals surface area contributed by atoms with Gasteiger partial charge in [-0.2, -0.15) is 0 Å². The molecule has 0 aliphatic carbocycles. The molecule has 0 aliphatic rings. The Hall–Kier alpha value is -6.94. The molecule has 0 fully saturated rings. The smallest absolute Gasteiger partial charge is 0.143 e. The van der Waals surface area contributed by atoms with Crippen LogP contribution in [0.5, 0.6) is 0 Å². The van der Waals surface area contributed by atoms with E-state index in [2.05, 4.69) is 205 Å². The Bertz CT molecular complexity index is 3210. The largest absolute Gasteiger partial charge is 0.455 e. The molecular weight excluding hydrogens is 687 g/mol. The molecule has 0 N–H and O–H groups in total. The number of thiophene rings is 1. The second-order valence-corrected chi connectivity index (χ2v) is 15.1. The van der Waals surface area contributed by atoms with E-state index in [0.717, 1.165) is 55.5 Å². The molecule has 0 radical (unpaired) electrons. The fourth-order valence-corrected chi connectivity index (χ4v) is 9.51. The SMILES string of the molecule is c1ccc(-c2cccc(-c3ccc(N(c4ccccc4-c4cccc5oc6c7ccccc7ccc6c45)c4cccc5c4sc4ccccc45)cc3)c2)cc1. The first-order valence-electron chi connectivity index (χ1n) is 18.7. The number of benzene rings is 9. The standard InChI is InChI=1S/C52H33NOS/c1-2-13-34(14-3-1)37-16-10-17-38(33-37)35-27-30-39(31-28-35)53(47-24-11-22-44-42-20-7-9-26-49(42)55-52(44)47)46-23-8-6-19-41(46)43-21-12-25-48-50(43)45-32-29-36-15-4-5-18-40(36)51(45)54-48/h1-33H. The number of furan rings is 1. The highest BCUT2D eigenvalue weighted by atomic mass is 32.1. The molecule has 0 spiro atoms. The topological polar surface area (TPSA) is 16.4 Å². The summed E-state index contributed by atoms with van der Waals surface area (Å²) in [5, 5.41) is 7.11. The minimum Gasteiger partial charge on any atom is -0.455 e. The number of anilines is 3. The second-order valence-electron chi connectivity index (χ2n) is 14.0. The predicted octanol–water partition coefficient (Wildman–Crippen LogP) is 15.6. The maximum absolute atomic E-state index is 6.67. The average molecular weight is 720 g/mol. The van der Waals surface area contributed by atoms with E-state index in [4.69, 9.17) is 4.42 Å². The average Bonchev–Trinajstić information content (AvgIpc) is 3.84. The van der Waals surface area contributed by atoms with Gasteiger partial charge in [0.05, 0.1) is 16.1 Å². The molecular formula is C52H33NOS. The number of rotatable bonds is 6. The van der Waals surface area contributed by atoms with Crippen LogP contribution in [0, 0.1) is 0 Å². The lowest BCUT2D eigenvalue weighted by Gasteiger charge is -2.28. The van der Waals surface area contributed by atoms with Crippen LogP contribution in [0.15, 0.2) is 205 Å². The minimum absolute atomic E-state index is 0.888. The van der Waals surface area contributed by atoms with Crippen LogP contribution in [0.1, 0.15) is 0 Å². The summed E-state index contributed by atoms with van der Waals surface area (Å²) in [6, 6.07) is 72.1. The van der Waals surface area contributed by atoms with Crippen molar-refractivity contribution < 1.29 is 4.42 Å². The van der Waals surface area contributed by atoms with Crippen LogP contribution < -0.4 is 4.90 Å². The number of hydrogen-bond acceptors (Lipinski definition) is 3. The highest BCUT2D eigenvalue weighted by Crippen LogP contribution is 2.49. The molecule has 11 rings (SSSR count). The summed E-state index contributed by atoms with van der Waals surface area (Å²) in [7, 11) is 0. The van der Waals surface area contributed by atoms with Crippen molar-refractivity contribution in [1.29, 1.82) is 0 Å². The second kappa shape index (κ2) is 12.9. The minimum atomic E-state index is 0.888. The molecule has 0 amide bonds. The Morgan fingerprint density at radius 3 is 1.91 bits per heavy atom. The Morgan fingerprint density at radius 2 is 1.04 bits per heavy atom. The van der Waals surface area contributed by atoms with Crippen LogP contribution in [0.4, 0.5) is 17.1 Å². The number of hydrogen-bond donors (Lipinski definition) is 0. The van der Waals surface area contributed by atoms with Crippen molar-refractivity contribution >= 4 is 81.3 Å². The van der Waals surface area contributed by atoms with E-state index in [-0.39, 0.29) is 0 Å². The third kappa shape index (κ3) is 5.24. The van der Waals surface area contributed by atoms with Gasteiger partial charge in [-0.05, 0) is 81.7 Å². The fourth-order valence-electron chi connectivity index (χ4n) is 8.30. The predicted molar refractivity (Wildman–Crippen MR) is 235 cm³/mol. The third-order valence-electron chi connectivity index (χ3n) is 10.9. The van der Waals surface area contributed by atoms with E-state index >= 15 is 0 Å². The zero-order chi connectivity index (χ0) is 36.3. The summed E-state index contributed by atoms with van der Waals surface area (Å²) in [5.74, 6) is 0. The van der Waals surface area contributed by atoms with Crippen molar-refractivity contribution in [1.82, 2.24) is 0 Å². The molecule has 0 bridgehead atoms. The lowest BCUT2D eigenvalue weighted by atomic mass is 9.96. The molecule has 0 aliphatic heterocycles. The van der Waals surface area contributed by atoms with Gasteiger partial charge in [0.2, 0.25) is 0 Å². The van der Waals surface area contributed by atoms with Crippen molar-refractivity contribution in [2.24, 2.45) is 0 Å². The lowest BCUT2D eigenvalue weighted by molar-refractivity contribution is 0.673. The van der Waals surface area contributed by atoms with E-state index in [1.54, 1.807) is 0 Å². The first kappa shape index (κ1) is 31.6. The van der Waals surface area contributed by atoms with Gasteiger partial charge in [0.25, 0.3) is 0 Å². The quantitative estimate of drug-likeness (QED) is 0.170. The summed E-state index contributed by atoms with van der Waals surface area (Å²) in [4.78, 5) is 2.45. The first-order valence-corrected chi connectivity index (χ1v) is 19.5. The van der Waals surface area contributed by atoms with Crippen LogP contribution in [0.3, 0.4) is 0 Å². The Kier molecular flexibility index (Phi) is 7.39. The molecule has 0 unspecified atom stereocenters. The molecule has 9 aromatic carbocycles. The number of fused-ring (bicyclic) bond motifs is 8. The van der Waals surface area contributed by atoms with Crippen LogP contribution in [0.2, 0.25) is 0 Å². The maximum atomic E-state index is 6.67. The molecule has 0 atom stereocenters. The summed E-state index contributed by atoms with van der Waals surface area (Å²) in [5.41, 5.74) is 12.2. The van der Waals surface area contributed by atoms with Crippen LogP contribution in [0.25, 0.3) is 86.3 Å². The molecule has 55 heavy (non-hydrogen) atoms. The molecule has 0 saturated heterocycles. The molecule has 2 heterocycles. The van der Waals surface area contributed by atoms with Gasteiger partial charge < -0.3 is 9.32 Å². The first-order chi connectivity index (χ1) is 27.3. The van der Waals surface area contributed by atoms with E-state index < -0.39 is 0 Å². The van der Waals surface area contributed by atoms with Gasteiger partial charge in [0, 0.05) is 42.9 Å². The van der Waals surface area contributed by atoms with Crippen molar-refractivity contribution in [3.63, 3.8) is 0 Å². The molecule has 2 nitrogen and oxygen atoms in total. The molecule has 11 aromatic rings. The summed E-state index contributed by atoms with van der Waals surface area (Å²) >= 11 is 1.86. The van der Waals surface area contributed by atoms with Gasteiger partial charge >= 0.3 is 0 Å². The van der Waals surface area contributed by atoms with E-state index in [1.807, 2.05) is 11.3 Å². The lowest BCUT2D eigenvalue weighted by Crippen LogP contribution is -2.11. The normalized spacial score (nSPS) is 11.6. The summed E-state index contributed by atoms with van der Waals surface area (Å²) in [6.07, 6.45) is 0. The molecule has 258 valence electrons. The van der Waals surface area contributed by atoms with Crippen molar-refractivity contribution in [2.45, 2.75) is 0 Å². The van der Waals surface area contributed by atoms with Crippen LogP contribution >= 0.6 is 11.3 Å². The van der Waals surface area contributed by atoms with E-state index in [9.17, 15) is 0 Å². The fraction of sp³-hybridized carbons (Fsp3) is 0. The van der Waals surface area contributed by atoms with Crippen molar-refractivity contribution in [3.8, 4) is 33.4 Å². The Balaban J connectivity index is 1.12. The molecule has 2 aromatic heterocycles. The highest BCUT2D eigenvalue weighted by molar-refractivity contribution is 7.26. The number of para-hydroxylation sites is 1. The van der Waals surface area contributed by atoms with Gasteiger partial charge in [-0.3, -0.25) is 0 Å². The number of nitrogens with zero attached hydrogens (tertiary/aromatic N) is 1. The van der Waals surface area contributed by atoms with Crippen LogP contribution in [-0.2, 0) is 0 Å². The van der Waals surface area contributed by atoms with Crippen molar-refractivity contribution in [2.75, 3.05) is 4.90 Å². The summed E-state index contributed by atoms with van der Waals surface area (Å²) < 4.78 is 9.22. The zero-order valence-electron chi connectivity index (χ0n) is 29.8. The van der Waals surface area contributed by atoms with Crippen LogP contribution in [-0.4, -0.2) is 0 Å². The van der Waals surface area contributed by atoms with Crippen molar-refractivity contribution in [3.05, 3.63) is 200 Å². The maximum Gasteiger partial charge on any atom is 0.143 e. The Morgan fingerprint density at radius 1 is 0.400 bits per heavy atom.